The van der Waals surface area contributed by atoms with E-state index in [-0.39, 0.29) is 12.5 Å². The highest BCUT2D eigenvalue weighted by molar-refractivity contribution is 9.10. The van der Waals surface area contributed by atoms with Crippen molar-refractivity contribution in [3.8, 4) is 22.9 Å². The molecule has 0 N–H and O–H groups in total. The first-order chi connectivity index (χ1) is 13.1. The van der Waals surface area contributed by atoms with Crippen molar-refractivity contribution >= 4 is 27.5 Å². The number of aromatic nitrogens is 2. The fourth-order valence-electron chi connectivity index (χ4n) is 3.15. The molecule has 2 aromatic carbocycles. The minimum absolute atomic E-state index is 0.00168. The number of methoxy groups -OCH3 is 2. The van der Waals surface area contributed by atoms with E-state index in [0.717, 1.165) is 15.7 Å². The second kappa shape index (κ2) is 7.03. The molecule has 1 aliphatic rings. The van der Waals surface area contributed by atoms with Gasteiger partial charge in [-0.2, -0.15) is 4.98 Å². The van der Waals surface area contributed by atoms with Gasteiger partial charge in [0, 0.05) is 10.2 Å². The summed E-state index contributed by atoms with van der Waals surface area (Å²) in [6.07, 6.45) is 0.361. The van der Waals surface area contributed by atoms with Gasteiger partial charge in [-0.25, -0.2) is 0 Å². The first kappa shape index (κ1) is 17.5. The molecule has 2 heterocycles. The average molecular weight is 430 g/mol. The van der Waals surface area contributed by atoms with Gasteiger partial charge in [-0.1, -0.05) is 27.2 Å². The standard InChI is InChI=1S/C19H16BrN3O4/c1-25-15-5-3-4-13(18(15)26-2)19-21-16(27-22-19)10-23-14-7-6-12(20)8-11(14)9-17(23)24/h3-8H,9-10H2,1-2H3. The number of hydrogen-bond acceptors (Lipinski definition) is 6. The molecule has 0 saturated carbocycles. The van der Waals surface area contributed by atoms with Gasteiger partial charge < -0.3 is 18.9 Å². The van der Waals surface area contributed by atoms with Crippen LogP contribution in [0.2, 0.25) is 0 Å². The Morgan fingerprint density at radius 1 is 1.22 bits per heavy atom. The van der Waals surface area contributed by atoms with E-state index in [0.29, 0.717) is 35.2 Å². The SMILES string of the molecule is COc1cccc(-c2noc(CN3C(=O)Cc4cc(Br)ccc43)n2)c1OC. The molecule has 138 valence electrons. The number of para-hydroxylation sites is 1. The second-order valence-electron chi connectivity index (χ2n) is 5.98. The second-order valence-corrected chi connectivity index (χ2v) is 6.90. The highest BCUT2D eigenvalue weighted by atomic mass is 79.9. The molecule has 0 aliphatic carbocycles. The van der Waals surface area contributed by atoms with Crippen LogP contribution < -0.4 is 14.4 Å². The normalized spacial score (nSPS) is 13.0. The summed E-state index contributed by atoms with van der Waals surface area (Å²) in [7, 11) is 3.12. The minimum Gasteiger partial charge on any atom is -0.493 e. The molecule has 8 heteroatoms. The van der Waals surface area contributed by atoms with E-state index in [9.17, 15) is 4.79 Å². The van der Waals surface area contributed by atoms with E-state index >= 15 is 0 Å². The van der Waals surface area contributed by atoms with Crippen molar-refractivity contribution in [2.45, 2.75) is 13.0 Å². The number of anilines is 1. The average Bonchev–Trinajstić information content (AvgIpc) is 3.25. The zero-order chi connectivity index (χ0) is 19.0. The molecule has 4 rings (SSSR count). The lowest BCUT2D eigenvalue weighted by Gasteiger charge is -2.14. The van der Waals surface area contributed by atoms with Crippen LogP contribution in [0.15, 0.2) is 45.4 Å². The molecule has 0 atom stereocenters. The monoisotopic (exact) mass is 429 g/mol. The van der Waals surface area contributed by atoms with Crippen LogP contribution in [0.5, 0.6) is 11.5 Å². The molecule has 1 aromatic heterocycles. The number of carbonyl (C=O) groups excluding carboxylic acids is 1. The van der Waals surface area contributed by atoms with Gasteiger partial charge in [-0.05, 0) is 35.9 Å². The van der Waals surface area contributed by atoms with Gasteiger partial charge in [0.25, 0.3) is 0 Å². The van der Waals surface area contributed by atoms with Gasteiger partial charge >= 0.3 is 0 Å². The largest absolute Gasteiger partial charge is 0.493 e. The lowest BCUT2D eigenvalue weighted by atomic mass is 10.1. The first-order valence-electron chi connectivity index (χ1n) is 8.23. The summed E-state index contributed by atoms with van der Waals surface area (Å²) in [6, 6.07) is 11.2. The minimum atomic E-state index is 0.00168. The molecule has 0 bridgehead atoms. The number of amides is 1. The molecule has 1 amide bonds. The van der Waals surface area contributed by atoms with Crippen LogP contribution in [0.4, 0.5) is 5.69 Å². The third kappa shape index (κ3) is 3.16. The zero-order valence-electron chi connectivity index (χ0n) is 14.7. The van der Waals surface area contributed by atoms with Gasteiger partial charge in [0.05, 0.1) is 26.2 Å². The number of ether oxygens (including phenoxy) is 2. The Morgan fingerprint density at radius 3 is 2.85 bits per heavy atom. The Balaban J connectivity index is 1.63. The number of carbonyl (C=O) groups is 1. The number of rotatable bonds is 5. The summed E-state index contributed by atoms with van der Waals surface area (Å²) in [5.41, 5.74) is 2.49. The van der Waals surface area contributed by atoms with Gasteiger partial charge in [-0.3, -0.25) is 4.79 Å². The van der Waals surface area contributed by atoms with Crippen molar-refractivity contribution in [1.82, 2.24) is 10.1 Å². The van der Waals surface area contributed by atoms with E-state index in [1.54, 1.807) is 25.2 Å². The Labute approximate surface area is 164 Å². The molecule has 7 nitrogen and oxygen atoms in total. The van der Waals surface area contributed by atoms with Crippen molar-refractivity contribution < 1.29 is 18.8 Å². The Hall–Kier alpha value is -2.87. The van der Waals surface area contributed by atoms with E-state index in [1.165, 1.54) is 0 Å². The van der Waals surface area contributed by atoms with Crippen molar-refractivity contribution in [3.63, 3.8) is 0 Å². The number of fused-ring (bicyclic) bond motifs is 1. The van der Waals surface area contributed by atoms with Crippen molar-refractivity contribution in [1.29, 1.82) is 0 Å². The number of halogens is 1. The molecule has 0 fully saturated rings. The van der Waals surface area contributed by atoms with Crippen LogP contribution in [0, 0.1) is 0 Å². The van der Waals surface area contributed by atoms with Gasteiger partial charge in [0.1, 0.15) is 6.54 Å². The third-order valence-corrected chi connectivity index (χ3v) is 4.87. The summed E-state index contributed by atoms with van der Waals surface area (Å²) in [5.74, 6) is 1.83. The van der Waals surface area contributed by atoms with Crippen LogP contribution >= 0.6 is 15.9 Å². The fraction of sp³-hybridized carbons (Fsp3) is 0.211. The topological polar surface area (TPSA) is 77.7 Å². The summed E-state index contributed by atoms with van der Waals surface area (Å²) in [5, 5.41) is 4.04. The van der Waals surface area contributed by atoms with Crippen LogP contribution in [0.3, 0.4) is 0 Å². The molecular weight excluding hydrogens is 414 g/mol. The third-order valence-electron chi connectivity index (χ3n) is 4.38. The van der Waals surface area contributed by atoms with E-state index in [2.05, 4.69) is 26.1 Å². The molecule has 0 saturated heterocycles. The summed E-state index contributed by atoms with van der Waals surface area (Å²) in [6.45, 7) is 0.215. The maximum absolute atomic E-state index is 12.4. The van der Waals surface area contributed by atoms with Gasteiger partial charge in [-0.15, -0.1) is 0 Å². The lowest BCUT2D eigenvalue weighted by Crippen LogP contribution is -2.26. The predicted molar refractivity (Wildman–Crippen MR) is 102 cm³/mol. The van der Waals surface area contributed by atoms with E-state index < -0.39 is 0 Å². The van der Waals surface area contributed by atoms with Crippen molar-refractivity contribution in [3.05, 3.63) is 52.3 Å². The molecular formula is C19H16BrN3O4. The van der Waals surface area contributed by atoms with E-state index in [4.69, 9.17) is 14.0 Å². The number of hydrogen-bond donors (Lipinski definition) is 0. The molecule has 1 aliphatic heterocycles. The number of benzene rings is 2. The molecule has 3 aromatic rings. The zero-order valence-corrected chi connectivity index (χ0v) is 16.3. The highest BCUT2D eigenvalue weighted by Crippen LogP contribution is 2.37. The number of nitrogens with zero attached hydrogens (tertiary/aromatic N) is 3. The van der Waals surface area contributed by atoms with Crippen LogP contribution in [0.1, 0.15) is 11.5 Å². The maximum Gasteiger partial charge on any atom is 0.247 e. The molecule has 0 radical (unpaired) electrons. The smallest absolute Gasteiger partial charge is 0.247 e. The Morgan fingerprint density at radius 2 is 2.07 bits per heavy atom. The summed E-state index contributed by atoms with van der Waals surface area (Å²) >= 11 is 3.43. The molecule has 27 heavy (non-hydrogen) atoms. The molecule has 0 unspecified atom stereocenters. The van der Waals surface area contributed by atoms with Crippen LogP contribution in [-0.4, -0.2) is 30.3 Å². The Kier molecular flexibility index (Phi) is 4.57. The van der Waals surface area contributed by atoms with Crippen LogP contribution in [-0.2, 0) is 17.8 Å². The van der Waals surface area contributed by atoms with E-state index in [1.807, 2.05) is 30.3 Å². The Bertz CT molecular complexity index is 1020. The first-order valence-corrected chi connectivity index (χ1v) is 9.02. The van der Waals surface area contributed by atoms with Crippen molar-refractivity contribution in [2.75, 3.05) is 19.1 Å². The summed E-state index contributed by atoms with van der Waals surface area (Å²) in [4.78, 5) is 18.5. The molecule has 0 spiro atoms. The highest BCUT2D eigenvalue weighted by Gasteiger charge is 2.29. The van der Waals surface area contributed by atoms with Gasteiger partial charge in [0.15, 0.2) is 11.5 Å². The maximum atomic E-state index is 12.4. The van der Waals surface area contributed by atoms with Crippen molar-refractivity contribution in [2.24, 2.45) is 0 Å². The van der Waals surface area contributed by atoms with Gasteiger partial charge in [0.2, 0.25) is 17.6 Å². The summed E-state index contributed by atoms with van der Waals surface area (Å²) < 4.78 is 17.1. The fourth-order valence-corrected chi connectivity index (χ4v) is 3.56. The van der Waals surface area contributed by atoms with Crippen LogP contribution in [0.25, 0.3) is 11.4 Å². The quantitative estimate of drug-likeness (QED) is 0.616. The lowest BCUT2D eigenvalue weighted by molar-refractivity contribution is -0.117. The predicted octanol–water partition coefficient (Wildman–Crippen LogP) is 3.61.